The van der Waals surface area contributed by atoms with E-state index in [1.807, 2.05) is 56.3 Å². The predicted molar refractivity (Wildman–Crippen MR) is 142 cm³/mol. The number of benzene rings is 3. The van der Waals surface area contributed by atoms with E-state index in [2.05, 4.69) is 22.8 Å². The lowest BCUT2D eigenvalue weighted by atomic mass is 9.71. The average molecular weight is 497 g/mol. The number of nitrogens with one attached hydrogen (secondary N) is 2. The van der Waals surface area contributed by atoms with Crippen LogP contribution in [0.3, 0.4) is 0 Å². The molecule has 0 saturated carbocycles. The maximum atomic E-state index is 13.7. The lowest BCUT2D eigenvalue weighted by Gasteiger charge is -2.37. The van der Waals surface area contributed by atoms with Gasteiger partial charge in [-0.05, 0) is 73.7 Å². The quantitative estimate of drug-likeness (QED) is 0.425. The van der Waals surface area contributed by atoms with E-state index in [-0.39, 0.29) is 23.4 Å². The van der Waals surface area contributed by atoms with Gasteiger partial charge in [0.15, 0.2) is 5.78 Å². The minimum absolute atomic E-state index is 0.0288. The fraction of sp³-hybridized carbons (Fsp3) is 0.226. The zero-order chi connectivity index (χ0) is 25.9. The predicted octanol–water partition coefficient (Wildman–Crippen LogP) is 6.22. The first-order valence-electron chi connectivity index (χ1n) is 12.5. The van der Waals surface area contributed by atoms with Gasteiger partial charge >= 0.3 is 0 Å². The Morgan fingerprint density at radius 2 is 1.68 bits per heavy atom. The monoisotopic (exact) mass is 496 g/mol. The van der Waals surface area contributed by atoms with Gasteiger partial charge in [-0.3, -0.25) is 9.59 Å². The summed E-state index contributed by atoms with van der Waals surface area (Å²) in [6.45, 7) is 4.33. The molecule has 0 radical (unpaired) electrons. The molecule has 1 heterocycles. The van der Waals surface area contributed by atoms with E-state index in [9.17, 15) is 14.0 Å². The maximum Gasteiger partial charge on any atom is 0.254 e. The number of halogens is 1. The van der Waals surface area contributed by atoms with Crippen LogP contribution in [0.4, 0.5) is 10.1 Å². The van der Waals surface area contributed by atoms with Crippen molar-refractivity contribution in [2.45, 2.75) is 38.5 Å². The van der Waals surface area contributed by atoms with Crippen molar-refractivity contribution in [3.63, 3.8) is 0 Å². The molecule has 1 aliphatic heterocycles. The molecule has 3 aromatic rings. The fourth-order valence-electron chi connectivity index (χ4n) is 5.29. The third-order valence-corrected chi connectivity index (χ3v) is 6.97. The van der Waals surface area contributed by atoms with Crippen molar-refractivity contribution in [3.05, 3.63) is 118 Å². The lowest BCUT2D eigenvalue weighted by molar-refractivity contribution is -0.116. The number of ether oxygens (including phenoxy) is 1. The normalized spacial score (nSPS) is 19.3. The number of carbonyl (C=O) groups excluding carboxylic acids is 2. The Labute approximate surface area is 216 Å². The molecule has 1 amide bonds. The fourth-order valence-corrected chi connectivity index (χ4v) is 5.29. The molecule has 37 heavy (non-hydrogen) atoms. The van der Waals surface area contributed by atoms with E-state index in [4.69, 9.17) is 4.74 Å². The summed E-state index contributed by atoms with van der Waals surface area (Å²) in [6.07, 6.45) is 1.06. The summed E-state index contributed by atoms with van der Waals surface area (Å²) in [5, 5.41) is 6.28. The first kappa shape index (κ1) is 24.5. The molecule has 0 fully saturated rings. The standard InChI is InChI=1S/C31H29FN2O3/c1-3-37-25-15-9-21(10-16-25)29-28(31(36)34-24-13-11-23(32)12-14-24)19(2)33-26-17-22(18-27(35)30(26)29)20-7-5-4-6-8-20/h4-16,22,29,33H,3,17-18H2,1-2H3,(H,34,36). The summed E-state index contributed by atoms with van der Waals surface area (Å²) in [6, 6.07) is 23.3. The molecule has 1 aliphatic carbocycles. The smallest absolute Gasteiger partial charge is 0.254 e. The molecule has 6 heteroatoms. The Bertz CT molecular complexity index is 1380. The van der Waals surface area contributed by atoms with Crippen LogP contribution in [0.5, 0.6) is 5.75 Å². The van der Waals surface area contributed by atoms with Gasteiger partial charge in [0.2, 0.25) is 0 Å². The highest BCUT2D eigenvalue weighted by atomic mass is 19.1. The van der Waals surface area contributed by atoms with Crippen molar-refractivity contribution in [2.75, 3.05) is 11.9 Å². The van der Waals surface area contributed by atoms with Gasteiger partial charge in [0, 0.05) is 40.6 Å². The highest BCUT2D eigenvalue weighted by Gasteiger charge is 2.40. The Balaban J connectivity index is 1.55. The molecule has 3 aromatic carbocycles. The number of rotatable bonds is 6. The third-order valence-electron chi connectivity index (χ3n) is 6.97. The van der Waals surface area contributed by atoms with Gasteiger partial charge in [0.25, 0.3) is 5.91 Å². The summed E-state index contributed by atoms with van der Waals surface area (Å²) in [7, 11) is 0. The number of dihydropyridines is 1. The van der Waals surface area contributed by atoms with Crippen molar-refractivity contribution in [1.82, 2.24) is 5.32 Å². The van der Waals surface area contributed by atoms with Gasteiger partial charge in [-0.25, -0.2) is 4.39 Å². The van der Waals surface area contributed by atoms with Crippen LogP contribution in [0.1, 0.15) is 49.7 Å². The number of anilines is 1. The molecule has 2 unspecified atom stereocenters. The zero-order valence-corrected chi connectivity index (χ0v) is 20.9. The number of hydrogen-bond donors (Lipinski definition) is 2. The maximum absolute atomic E-state index is 13.7. The largest absolute Gasteiger partial charge is 0.494 e. The Morgan fingerprint density at radius 3 is 2.35 bits per heavy atom. The zero-order valence-electron chi connectivity index (χ0n) is 20.9. The molecular weight excluding hydrogens is 467 g/mol. The van der Waals surface area contributed by atoms with Crippen LogP contribution in [-0.2, 0) is 9.59 Å². The molecule has 2 atom stereocenters. The molecule has 0 bridgehead atoms. The number of amides is 1. The molecule has 0 saturated heterocycles. The van der Waals surface area contributed by atoms with E-state index in [0.717, 1.165) is 22.6 Å². The first-order valence-corrected chi connectivity index (χ1v) is 12.5. The summed E-state index contributed by atoms with van der Waals surface area (Å²) < 4.78 is 19.0. The van der Waals surface area contributed by atoms with E-state index < -0.39 is 5.92 Å². The van der Waals surface area contributed by atoms with Crippen molar-refractivity contribution >= 4 is 17.4 Å². The van der Waals surface area contributed by atoms with Crippen LogP contribution in [0.2, 0.25) is 0 Å². The molecule has 5 nitrogen and oxygen atoms in total. The van der Waals surface area contributed by atoms with Gasteiger partial charge in [-0.1, -0.05) is 42.5 Å². The molecule has 2 aliphatic rings. The summed E-state index contributed by atoms with van der Waals surface area (Å²) >= 11 is 0. The minimum atomic E-state index is -0.531. The van der Waals surface area contributed by atoms with Gasteiger partial charge in [0.05, 0.1) is 6.61 Å². The van der Waals surface area contributed by atoms with Crippen molar-refractivity contribution in [3.8, 4) is 5.75 Å². The van der Waals surface area contributed by atoms with Crippen LogP contribution >= 0.6 is 0 Å². The average Bonchev–Trinajstić information content (AvgIpc) is 2.90. The lowest BCUT2D eigenvalue weighted by Crippen LogP contribution is -2.37. The van der Waals surface area contributed by atoms with Gasteiger partial charge in [0.1, 0.15) is 11.6 Å². The third kappa shape index (κ3) is 5.05. The van der Waals surface area contributed by atoms with Crippen LogP contribution in [-0.4, -0.2) is 18.3 Å². The minimum Gasteiger partial charge on any atom is -0.494 e. The van der Waals surface area contributed by atoms with Gasteiger partial charge in [-0.2, -0.15) is 0 Å². The molecule has 0 aromatic heterocycles. The molecule has 2 N–H and O–H groups in total. The van der Waals surface area contributed by atoms with Crippen LogP contribution < -0.4 is 15.4 Å². The Kier molecular flexibility index (Phi) is 6.91. The summed E-state index contributed by atoms with van der Waals surface area (Å²) in [5.74, 6) is -0.414. The second-order valence-corrected chi connectivity index (χ2v) is 9.39. The van der Waals surface area contributed by atoms with Crippen LogP contribution in [0.25, 0.3) is 0 Å². The highest BCUT2D eigenvalue weighted by molar-refractivity contribution is 6.10. The van der Waals surface area contributed by atoms with Crippen LogP contribution in [0, 0.1) is 5.82 Å². The molecule has 5 rings (SSSR count). The second-order valence-electron chi connectivity index (χ2n) is 9.39. The Hall–Kier alpha value is -4.19. The molecule has 188 valence electrons. The number of hydrogen-bond acceptors (Lipinski definition) is 4. The number of Topliss-reactive ketones (excluding diaryl/α,β-unsaturated/α-hetero) is 1. The topological polar surface area (TPSA) is 67.4 Å². The SMILES string of the molecule is CCOc1ccc(C2C(C(=O)Nc3ccc(F)cc3)=C(C)NC3=C2C(=O)CC(c2ccccc2)C3)cc1. The first-order chi connectivity index (χ1) is 17.9. The second kappa shape index (κ2) is 10.4. The van der Waals surface area contributed by atoms with Crippen LogP contribution in [0.15, 0.2) is 101 Å². The Morgan fingerprint density at radius 1 is 0.973 bits per heavy atom. The number of allylic oxidation sites excluding steroid dienone is 3. The van der Waals surface area contributed by atoms with Crippen molar-refractivity contribution in [1.29, 1.82) is 0 Å². The van der Waals surface area contributed by atoms with E-state index in [0.29, 0.717) is 42.0 Å². The summed E-state index contributed by atoms with van der Waals surface area (Å²) in [5.41, 5.74) is 5.11. The molecular formula is C31H29FN2O3. The van der Waals surface area contributed by atoms with Gasteiger partial charge in [-0.15, -0.1) is 0 Å². The summed E-state index contributed by atoms with van der Waals surface area (Å²) in [4.78, 5) is 27.3. The van der Waals surface area contributed by atoms with Crippen molar-refractivity contribution in [2.24, 2.45) is 0 Å². The van der Waals surface area contributed by atoms with Crippen molar-refractivity contribution < 1.29 is 18.7 Å². The number of ketones is 1. The van der Waals surface area contributed by atoms with E-state index in [1.165, 1.54) is 24.3 Å². The van der Waals surface area contributed by atoms with Gasteiger partial charge < -0.3 is 15.4 Å². The highest BCUT2D eigenvalue weighted by Crippen LogP contribution is 2.45. The van der Waals surface area contributed by atoms with E-state index in [1.54, 1.807) is 0 Å². The molecule has 0 spiro atoms. The number of carbonyl (C=O) groups is 2. The van der Waals surface area contributed by atoms with E-state index >= 15 is 0 Å².